The zero-order chi connectivity index (χ0) is 21.9. The van der Waals surface area contributed by atoms with Gasteiger partial charge >= 0.3 is 0 Å². The molecule has 0 heterocycles. The lowest BCUT2D eigenvalue weighted by Gasteiger charge is -2.11. The molecule has 31 heavy (non-hydrogen) atoms. The molecule has 0 aromatic heterocycles. The molecule has 3 aromatic carbocycles. The highest BCUT2D eigenvalue weighted by Crippen LogP contribution is 2.28. The van der Waals surface area contributed by atoms with Crippen molar-refractivity contribution in [3.8, 4) is 11.5 Å². The number of carbonyl (C=O) groups excluding carboxylic acids is 1. The Balaban J connectivity index is 1.47. The highest BCUT2D eigenvalue weighted by Gasteiger charge is 2.06. The molecule has 0 aliphatic carbocycles. The van der Waals surface area contributed by atoms with Gasteiger partial charge in [-0.25, -0.2) is 5.43 Å². The van der Waals surface area contributed by atoms with Crippen LogP contribution < -0.4 is 14.9 Å². The molecule has 160 valence electrons. The highest BCUT2D eigenvalue weighted by atomic mass is 35.5. The Bertz CT molecular complexity index is 1030. The molecule has 0 unspecified atom stereocenters. The number of benzene rings is 3. The number of halogens is 1. The van der Waals surface area contributed by atoms with Crippen LogP contribution in [-0.4, -0.2) is 25.0 Å². The number of carbonyl (C=O) groups is 1. The molecule has 0 saturated heterocycles. The zero-order valence-corrected chi connectivity index (χ0v) is 18.7. The Morgan fingerprint density at radius 2 is 1.84 bits per heavy atom. The van der Waals surface area contributed by atoms with E-state index in [-0.39, 0.29) is 11.7 Å². The van der Waals surface area contributed by atoms with E-state index < -0.39 is 0 Å². The largest absolute Gasteiger partial charge is 0.493 e. The third-order valence-corrected chi connectivity index (χ3v) is 5.63. The predicted molar refractivity (Wildman–Crippen MR) is 127 cm³/mol. The maximum atomic E-state index is 12.0. The van der Waals surface area contributed by atoms with Gasteiger partial charge in [0.2, 0.25) is 5.91 Å². The van der Waals surface area contributed by atoms with Crippen molar-refractivity contribution < 1.29 is 14.3 Å². The quantitative estimate of drug-likeness (QED) is 0.333. The van der Waals surface area contributed by atoms with Crippen LogP contribution >= 0.6 is 23.4 Å². The van der Waals surface area contributed by atoms with Crippen LogP contribution in [0.2, 0.25) is 5.02 Å². The van der Waals surface area contributed by atoms with Crippen molar-refractivity contribution in [2.75, 3.05) is 12.9 Å². The van der Waals surface area contributed by atoms with Crippen LogP contribution in [0.5, 0.6) is 11.5 Å². The van der Waals surface area contributed by atoms with E-state index in [0.717, 1.165) is 16.7 Å². The lowest BCUT2D eigenvalue weighted by Crippen LogP contribution is -2.19. The Morgan fingerprint density at radius 1 is 1.06 bits per heavy atom. The average Bonchev–Trinajstić information content (AvgIpc) is 2.80. The SMILES string of the molecule is COc1cc(/C=N\NC(=O)CSCc2ccccc2Cl)ccc1OCc1ccccc1. The Kier molecular flexibility index (Phi) is 8.82. The number of nitrogens with one attached hydrogen (secondary N) is 1. The van der Waals surface area contributed by atoms with Gasteiger partial charge in [0.25, 0.3) is 0 Å². The van der Waals surface area contributed by atoms with Gasteiger partial charge in [0, 0.05) is 10.8 Å². The van der Waals surface area contributed by atoms with Gasteiger partial charge in [-0.05, 0) is 41.0 Å². The first-order chi connectivity index (χ1) is 15.2. The molecule has 0 aliphatic rings. The molecule has 0 bridgehead atoms. The van der Waals surface area contributed by atoms with E-state index in [9.17, 15) is 4.79 Å². The van der Waals surface area contributed by atoms with Crippen LogP contribution in [-0.2, 0) is 17.2 Å². The maximum absolute atomic E-state index is 12.0. The molecule has 0 aliphatic heterocycles. The molecule has 0 spiro atoms. The number of hydrogen-bond donors (Lipinski definition) is 1. The van der Waals surface area contributed by atoms with Crippen LogP contribution in [0.15, 0.2) is 77.9 Å². The number of rotatable bonds is 10. The summed E-state index contributed by atoms with van der Waals surface area (Å²) in [5, 5.41) is 4.73. The number of nitrogens with zero attached hydrogens (tertiary/aromatic N) is 1. The van der Waals surface area contributed by atoms with Gasteiger partial charge in [0.1, 0.15) is 6.61 Å². The Labute approximate surface area is 191 Å². The molecule has 5 nitrogen and oxygen atoms in total. The molecule has 1 N–H and O–H groups in total. The first-order valence-electron chi connectivity index (χ1n) is 9.63. The van der Waals surface area contributed by atoms with Crippen molar-refractivity contribution in [3.05, 3.63) is 94.5 Å². The molecule has 3 aromatic rings. The summed E-state index contributed by atoms with van der Waals surface area (Å²) in [7, 11) is 1.59. The van der Waals surface area contributed by atoms with Gasteiger partial charge in [-0.1, -0.05) is 60.1 Å². The van der Waals surface area contributed by atoms with E-state index >= 15 is 0 Å². The second-order valence-electron chi connectivity index (χ2n) is 6.56. The predicted octanol–water partition coefficient (Wildman–Crippen LogP) is 5.31. The molecular formula is C24H23ClN2O3S. The molecule has 7 heteroatoms. The van der Waals surface area contributed by atoms with E-state index in [2.05, 4.69) is 10.5 Å². The Hall–Kier alpha value is -2.96. The molecule has 0 fully saturated rings. The fourth-order valence-electron chi connectivity index (χ4n) is 2.70. The van der Waals surface area contributed by atoms with Crippen molar-refractivity contribution in [1.82, 2.24) is 5.43 Å². The van der Waals surface area contributed by atoms with Crippen molar-refractivity contribution in [3.63, 3.8) is 0 Å². The summed E-state index contributed by atoms with van der Waals surface area (Å²) in [6.45, 7) is 0.451. The first-order valence-corrected chi connectivity index (χ1v) is 11.2. The van der Waals surface area contributed by atoms with Crippen molar-refractivity contribution in [2.45, 2.75) is 12.4 Å². The lowest BCUT2D eigenvalue weighted by molar-refractivity contribution is -0.118. The molecule has 3 rings (SSSR count). The summed E-state index contributed by atoms with van der Waals surface area (Å²) < 4.78 is 11.3. The number of hydrogen-bond acceptors (Lipinski definition) is 5. The summed E-state index contributed by atoms with van der Waals surface area (Å²) in [6, 6.07) is 23.0. The van der Waals surface area contributed by atoms with Crippen LogP contribution in [0.25, 0.3) is 0 Å². The molecule has 1 amide bonds. The first kappa shape index (κ1) is 22.7. The number of methoxy groups -OCH3 is 1. The van der Waals surface area contributed by atoms with Crippen molar-refractivity contribution >= 4 is 35.5 Å². The van der Waals surface area contributed by atoms with Gasteiger partial charge < -0.3 is 9.47 Å². The summed E-state index contributed by atoms with van der Waals surface area (Å²) >= 11 is 7.60. The third-order valence-electron chi connectivity index (χ3n) is 4.28. The molecule has 0 atom stereocenters. The molecule has 0 saturated carbocycles. The average molecular weight is 455 g/mol. The topological polar surface area (TPSA) is 59.9 Å². The fourth-order valence-corrected chi connectivity index (χ4v) is 3.80. The number of hydrazone groups is 1. The summed E-state index contributed by atoms with van der Waals surface area (Å²) in [4.78, 5) is 12.0. The van der Waals surface area contributed by atoms with Crippen LogP contribution in [0.3, 0.4) is 0 Å². The normalized spacial score (nSPS) is 10.8. The van der Waals surface area contributed by atoms with E-state index in [1.54, 1.807) is 13.3 Å². The van der Waals surface area contributed by atoms with E-state index in [4.69, 9.17) is 21.1 Å². The Morgan fingerprint density at radius 3 is 2.61 bits per heavy atom. The van der Waals surface area contributed by atoms with Crippen molar-refractivity contribution in [1.29, 1.82) is 0 Å². The molecule has 0 radical (unpaired) electrons. The maximum Gasteiger partial charge on any atom is 0.250 e. The molecular weight excluding hydrogens is 432 g/mol. The van der Waals surface area contributed by atoms with Gasteiger partial charge in [-0.2, -0.15) is 5.10 Å². The van der Waals surface area contributed by atoms with Crippen LogP contribution in [0, 0.1) is 0 Å². The zero-order valence-electron chi connectivity index (χ0n) is 17.1. The second kappa shape index (κ2) is 12.0. The minimum atomic E-state index is -0.178. The van der Waals surface area contributed by atoms with E-state index in [1.807, 2.05) is 72.8 Å². The second-order valence-corrected chi connectivity index (χ2v) is 7.95. The van der Waals surface area contributed by atoms with E-state index in [1.165, 1.54) is 11.8 Å². The third kappa shape index (κ3) is 7.35. The summed E-state index contributed by atoms with van der Waals surface area (Å²) in [5.41, 5.74) is 5.40. The van der Waals surface area contributed by atoms with Crippen LogP contribution in [0.4, 0.5) is 0 Å². The summed E-state index contributed by atoms with van der Waals surface area (Å²) in [5.74, 6) is 2.02. The van der Waals surface area contributed by atoms with Gasteiger partial charge in [-0.3, -0.25) is 4.79 Å². The smallest absolute Gasteiger partial charge is 0.250 e. The number of amides is 1. The summed E-state index contributed by atoms with van der Waals surface area (Å²) in [6.07, 6.45) is 1.57. The van der Waals surface area contributed by atoms with Gasteiger partial charge in [0.05, 0.1) is 19.1 Å². The number of thioether (sulfide) groups is 1. The van der Waals surface area contributed by atoms with Crippen LogP contribution in [0.1, 0.15) is 16.7 Å². The van der Waals surface area contributed by atoms with E-state index in [0.29, 0.717) is 28.9 Å². The van der Waals surface area contributed by atoms with Crippen molar-refractivity contribution in [2.24, 2.45) is 5.10 Å². The minimum Gasteiger partial charge on any atom is -0.493 e. The number of ether oxygens (including phenoxy) is 2. The monoisotopic (exact) mass is 454 g/mol. The van der Waals surface area contributed by atoms with Gasteiger partial charge in [0.15, 0.2) is 11.5 Å². The lowest BCUT2D eigenvalue weighted by atomic mass is 10.2. The minimum absolute atomic E-state index is 0.178. The standard InChI is InChI=1S/C24H23ClN2O3S/c1-29-23-13-19(11-12-22(23)30-15-18-7-3-2-4-8-18)14-26-27-24(28)17-31-16-20-9-5-6-10-21(20)25/h2-14H,15-17H2,1H3,(H,27,28)/b26-14-. The highest BCUT2D eigenvalue weighted by molar-refractivity contribution is 7.99. The van der Waals surface area contributed by atoms with Gasteiger partial charge in [-0.15, -0.1) is 11.8 Å². The fraction of sp³-hybridized carbons (Fsp3) is 0.167.